The monoisotopic (exact) mass is 326 g/mol. The van der Waals surface area contributed by atoms with Crippen LogP contribution in [0.2, 0.25) is 0 Å². The van der Waals surface area contributed by atoms with E-state index >= 15 is 0 Å². The van der Waals surface area contributed by atoms with Crippen LogP contribution in [0.4, 0.5) is 0 Å². The van der Waals surface area contributed by atoms with Crippen molar-refractivity contribution < 1.29 is 4.52 Å². The zero-order chi connectivity index (χ0) is 15.9. The molecule has 0 saturated heterocycles. The molecule has 0 unspecified atom stereocenters. The molecule has 3 aromatic rings. The Morgan fingerprint density at radius 3 is 2.61 bits per heavy atom. The second-order valence-corrected chi connectivity index (χ2v) is 7.27. The summed E-state index contributed by atoms with van der Waals surface area (Å²) in [4.78, 5) is 10.2. The van der Waals surface area contributed by atoms with Gasteiger partial charge in [-0.3, -0.25) is 0 Å². The van der Waals surface area contributed by atoms with Gasteiger partial charge in [0.05, 0.1) is 16.2 Å². The predicted octanol–water partition coefficient (Wildman–Crippen LogP) is 3.90. The predicted molar refractivity (Wildman–Crippen MR) is 89.9 cm³/mol. The minimum absolute atomic E-state index is 0.436. The third-order valence-corrected chi connectivity index (χ3v) is 5.30. The van der Waals surface area contributed by atoms with Gasteiger partial charge in [-0.1, -0.05) is 48.3 Å². The van der Waals surface area contributed by atoms with Crippen molar-refractivity contribution in [3.8, 4) is 22.0 Å². The molecule has 1 aliphatic carbocycles. The second kappa shape index (κ2) is 5.54. The van der Waals surface area contributed by atoms with Crippen molar-refractivity contribution in [2.24, 2.45) is 5.73 Å². The first-order valence-electron chi connectivity index (χ1n) is 7.82. The molecule has 0 amide bonds. The maximum absolute atomic E-state index is 6.43. The summed E-state index contributed by atoms with van der Waals surface area (Å²) in [6.07, 6.45) is 4.07. The van der Waals surface area contributed by atoms with Gasteiger partial charge in [0.1, 0.15) is 4.88 Å². The molecule has 1 aliphatic rings. The number of hydrogen-bond acceptors (Lipinski definition) is 6. The van der Waals surface area contributed by atoms with Gasteiger partial charge in [-0.2, -0.15) is 4.98 Å². The molecule has 2 aromatic heterocycles. The molecule has 23 heavy (non-hydrogen) atoms. The summed E-state index contributed by atoms with van der Waals surface area (Å²) in [5.41, 5.74) is 7.93. The van der Waals surface area contributed by atoms with E-state index in [1.165, 1.54) is 0 Å². The van der Waals surface area contributed by atoms with Crippen LogP contribution in [0.15, 0.2) is 34.9 Å². The third-order valence-electron chi connectivity index (χ3n) is 4.34. The van der Waals surface area contributed by atoms with Gasteiger partial charge >= 0.3 is 0 Å². The fourth-order valence-corrected chi connectivity index (χ4v) is 3.97. The lowest BCUT2D eigenvalue weighted by atomic mass is 9.99. The maximum Gasteiger partial charge on any atom is 0.270 e. The Bertz CT molecular complexity index is 818. The number of nitrogens with two attached hydrogens (primary N) is 1. The molecule has 0 spiro atoms. The van der Waals surface area contributed by atoms with Gasteiger partial charge in [-0.25, -0.2) is 4.98 Å². The molecule has 0 aliphatic heterocycles. The summed E-state index contributed by atoms with van der Waals surface area (Å²) in [5, 5.41) is 5.13. The van der Waals surface area contributed by atoms with Gasteiger partial charge in [0.2, 0.25) is 0 Å². The van der Waals surface area contributed by atoms with Crippen molar-refractivity contribution in [2.45, 2.75) is 38.1 Å². The van der Waals surface area contributed by atoms with Gasteiger partial charge in [-0.15, -0.1) is 11.3 Å². The Hall–Kier alpha value is -2.05. The highest BCUT2D eigenvalue weighted by atomic mass is 32.1. The van der Waals surface area contributed by atoms with E-state index < -0.39 is 5.54 Å². The van der Waals surface area contributed by atoms with Crippen molar-refractivity contribution >= 4 is 11.3 Å². The summed E-state index contributed by atoms with van der Waals surface area (Å²) in [6.45, 7) is 1.99. The molecule has 1 saturated carbocycles. The van der Waals surface area contributed by atoms with Crippen LogP contribution in [0.1, 0.15) is 36.5 Å². The molecule has 1 fully saturated rings. The van der Waals surface area contributed by atoms with Crippen LogP contribution >= 0.6 is 11.3 Å². The number of hydrogen-bond donors (Lipinski definition) is 1. The van der Waals surface area contributed by atoms with E-state index in [-0.39, 0.29) is 0 Å². The van der Waals surface area contributed by atoms with Gasteiger partial charge in [0, 0.05) is 5.56 Å². The Labute approximate surface area is 138 Å². The van der Waals surface area contributed by atoms with Crippen molar-refractivity contribution in [3.63, 3.8) is 0 Å². The van der Waals surface area contributed by atoms with Crippen molar-refractivity contribution in [2.75, 3.05) is 0 Å². The Morgan fingerprint density at radius 2 is 1.87 bits per heavy atom. The second-order valence-electron chi connectivity index (χ2n) is 6.06. The molecule has 0 atom stereocenters. The van der Waals surface area contributed by atoms with Crippen LogP contribution in [0.25, 0.3) is 22.0 Å². The smallest absolute Gasteiger partial charge is 0.270 e. The van der Waals surface area contributed by atoms with Gasteiger partial charge in [-0.05, 0) is 19.8 Å². The Kier molecular flexibility index (Phi) is 3.50. The average molecular weight is 326 g/mol. The molecular formula is C17H18N4OS. The van der Waals surface area contributed by atoms with E-state index in [1.807, 2.05) is 37.3 Å². The van der Waals surface area contributed by atoms with Crippen molar-refractivity contribution in [1.82, 2.24) is 15.1 Å². The van der Waals surface area contributed by atoms with Crippen LogP contribution in [-0.4, -0.2) is 15.1 Å². The maximum atomic E-state index is 6.43. The van der Waals surface area contributed by atoms with E-state index in [0.29, 0.717) is 11.7 Å². The first-order chi connectivity index (χ1) is 11.2. The summed E-state index contributed by atoms with van der Waals surface area (Å²) >= 11 is 1.57. The highest BCUT2D eigenvalue weighted by Gasteiger charge is 2.36. The third kappa shape index (κ3) is 2.58. The number of thiazole rings is 1. The molecule has 2 N–H and O–H groups in total. The van der Waals surface area contributed by atoms with Gasteiger partial charge < -0.3 is 10.3 Å². The van der Waals surface area contributed by atoms with Crippen LogP contribution in [0, 0.1) is 6.92 Å². The van der Waals surface area contributed by atoms with Crippen LogP contribution < -0.4 is 5.73 Å². The quantitative estimate of drug-likeness (QED) is 0.790. The summed E-state index contributed by atoms with van der Waals surface area (Å²) in [6, 6.07) is 10.1. The number of aromatic nitrogens is 3. The standard InChI is InChI=1S/C17H18N4OS/c1-11-19-13(12-7-3-2-4-8-12)14(23-11)15-20-16(21-22-15)17(18)9-5-6-10-17/h2-4,7-8H,5-6,9-10,18H2,1H3. The minimum Gasteiger partial charge on any atom is -0.333 e. The molecule has 118 valence electrons. The largest absolute Gasteiger partial charge is 0.333 e. The number of nitrogens with zero attached hydrogens (tertiary/aromatic N) is 3. The molecule has 5 nitrogen and oxygen atoms in total. The summed E-state index contributed by atoms with van der Waals surface area (Å²) < 4.78 is 5.53. The lowest BCUT2D eigenvalue weighted by molar-refractivity contribution is 0.373. The van der Waals surface area contributed by atoms with Crippen molar-refractivity contribution in [3.05, 3.63) is 41.2 Å². The highest BCUT2D eigenvalue weighted by molar-refractivity contribution is 7.15. The van der Waals surface area contributed by atoms with E-state index in [4.69, 9.17) is 10.3 Å². The van der Waals surface area contributed by atoms with Gasteiger partial charge in [0.15, 0.2) is 5.82 Å². The minimum atomic E-state index is -0.436. The molecule has 0 radical (unpaired) electrons. The molecule has 4 rings (SSSR count). The van der Waals surface area contributed by atoms with E-state index in [1.54, 1.807) is 11.3 Å². The van der Waals surface area contributed by atoms with E-state index in [0.717, 1.165) is 46.8 Å². The highest BCUT2D eigenvalue weighted by Crippen LogP contribution is 2.39. The zero-order valence-corrected chi connectivity index (χ0v) is 13.8. The van der Waals surface area contributed by atoms with Gasteiger partial charge in [0.25, 0.3) is 5.89 Å². The number of aryl methyl sites for hydroxylation is 1. The average Bonchev–Trinajstić information content (AvgIpc) is 3.27. The van der Waals surface area contributed by atoms with Crippen molar-refractivity contribution in [1.29, 1.82) is 0 Å². The van der Waals surface area contributed by atoms with Crippen LogP contribution in [-0.2, 0) is 5.54 Å². The van der Waals surface area contributed by atoms with E-state index in [9.17, 15) is 0 Å². The fourth-order valence-electron chi connectivity index (χ4n) is 3.11. The number of benzene rings is 1. The zero-order valence-electron chi connectivity index (χ0n) is 13.0. The lowest BCUT2D eigenvalue weighted by Crippen LogP contribution is -2.34. The Balaban J connectivity index is 1.76. The van der Waals surface area contributed by atoms with Crippen LogP contribution in [0.3, 0.4) is 0 Å². The van der Waals surface area contributed by atoms with E-state index in [2.05, 4.69) is 15.1 Å². The number of rotatable bonds is 3. The normalized spacial score (nSPS) is 16.8. The topological polar surface area (TPSA) is 77.8 Å². The first kappa shape index (κ1) is 14.5. The molecule has 6 heteroatoms. The van der Waals surface area contributed by atoms with Crippen LogP contribution in [0.5, 0.6) is 0 Å². The first-order valence-corrected chi connectivity index (χ1v) is 8.64. The Morgan fingerprint density at radius 1 is 1.13 bits per heavy atom. The summed E-state index contributed by atoms with van der Waals surface area (Å²) in [7, 11) is 0. The molecule has 1 aromatic carbocycles. The molecule has 2 heterocycles. The SMILES string of the molecule is Cc1nc(-c2ccccc2)c(-c2nc(C3(N)CCCC3)no2)s1. The lowest BCUT2D eigenvalue weighted by Gasteiger charge is -2.17. The fraction of sp³-hybridized carbons (Fsp3) is 0.353. The summed E-state index contributed by atoms with van der Waals surface area (Å²) in [5.74, 6) is 1.14. The molecular weight excluding hydrogens is 308 g/mol. The molecule has 0 bridgehead atoms.